The van der Waals surface area contributed by atoms with Crippen LogP contribution in [0.3, 0.4) is 0 Å². The molecular weight excluding hydrogens is 521 g/mol. The lowest BCUT2D eigenvalue weighted by Crippen LogP contribution is -2.48. The van der Waals surface area contributed by atoms with Crippen LogP contribution in [0.1, 0.15) is 145 Å². The summed E-state index contributed by atoms with van der Waals surface area (Å²) < 4.78 is 5.79. The molecule has 0 unspecified atom stereocenters. The number of rotatable bonds is 12. The predicted molar refractivity (Wildman–Crippen MR) is 185 cm³/mol. The van der Waals surface area contributed by atoms with Gasteiger partial charge in [-0.3, -0.25) is 4.79 Å². The highest BCUT2D eigenvalue weighted by atomic mass is 32.1. The Hall–Kier alpha value is -0.775. The normalized spacial score (nSPS) is 20.2. The average molecular weight is 587 g/mol. The fourth-order valence-electron chi connectivity index (χ4n) is 5.79. The smallest absolute Gasteiger partial charge is 0.330 e. The van der Waals surface area contributed by atoms with Crippen LogP contribution < -0.4 is 10.8 Å². The van der Waals surface area contributed by atoms with Gasteiger partial charge in [0.05, 0.1) is 11.0 Å². The molecule has 235 valence electrons. The van der Waals surface area contributed by atoms with Crippen LogP contribution in [0.25, 0.3) is 0 Å². The minimum absolute atomic E-state index is 0.0375. The van der Waals surface area contributed by atoms with Gasteiger partial charge in [-0.1, -0.05) is 104 Å². The van der Waals surface area contributed by atoms with Gasteiger partial charge in [0.2, 0.25) is 0 Å². The Balaban J connectivity index is 0.000000488. The maximum Gasteiger partial charge on any atom is 0.330 e. The third-order valence-electron chi connectivity index (χ3n) is 9.44. The molecule has 2 aliphatic rings. The molecule has 0 atom stereocenters. The largest absolute Gasteiger partial charge is 0.428 e. The molecule has 1 aliphatic carbocycles. The lowest BCUT2D eigenvalue weighted by atomic mass is 9.65. The van der Waals surface area contributed by atoms with Crippen molar-refractivity contribution < 1.29 is 9.45 Å². The van der Waals surface area contributed by atoms with E-state index < -0.39 is 5.60 Å². The molecule has 1 radical (unpaired) electrons. The van der Waals surface area contributed by atoms with Gasteiger partial charge >= 0.3 is 7.48 Å². The summed E-state index contributed by atoms with van der Waals surface area (Å²) in [5, 5.41) is 3.40. The van der Waals surface area contributed by atoms with Crippen molar-refractivity contribution in [1.82, 2.24) is 5.32 Å². The molecule has 1 aliphatic heterocycles. The van der Waals surface area contributed by atoms with Gasteiger partial charge in [0.25, 0.3) is 0 Å². The molecule has 0 aromatic heterocycles. The molecule has 1 aromatic rings. The summed E-state index contributed by atoms with van der Waals surface area (Å²) in [5.74, 6) is 2.54. The number of hydrogen-bond acceptors (Lipinski definition) is 4. The Labute approximate surface area is 261 Å². The summed E-state index contributed by atoms with van der Waals surface area (Å²) in [6, 6.07) is 6.34. The Bertz CT molecular complexity index is 876. The van der Waals surface area contributed by atoms with E-state index >= 15 is 0 Å². The van der Waals surface area contributed by atoms with E-state index in [1.165, 1.54) is 56.9 Å². The van der Waals surface area contributed by atoms with E-state index in [4.69, 9.17) is 4.65 Å². The summed E-state index contributed by atoms with van der Waals surface area (Å²) >= 11 is 4.65. The van der Waals surface area contributed by atoms with E-state index in [1.54, 1.807) is 0 Å². The van der Waals surface area contributed by atoms with Gasteiger partial charge in [-0.25, -0.2) is 0 Å². The van der Waals surface area contributed by atoms with Crippen molar-refractivity contribution in [3.05, 3.63) is 29.3 Å². The molecule has 0 bridgehead atoms. The van der Waals surface area contributed by atoms with E-state index in [9.17, 15) is 4.79 Å². The van der Waals surface area contributed by atoms with Crippen molar-refractivity contribution in [2.45, 2.75) is 156 Å². The predicted octanol–water partition coefficient (Wildman–Crippen LogP) is 9.01. The first-order valence-electron chi connectivity index (χ1n) is 16.7. The second-order valence-electron chi connectivity index (χ2n) is 14.1. The summed E-state index contributed by atoms with van der Waals surface area (Å²) in [7, 11) is 1.81. The summed E-state index contributed by atoms with van der Waals surface area (Å²) in [6.45, 7) is 25.2. The second-order valence-corrected chi connectivity index (χ2v) is 15.3. The maximum atomic E-state index is 13.2. The van der Waals surface area contributed by atoms with Crippen LogP contribution in [0.5, 0.6) is 0 Å². The van der Waals surface area contributed by atoms with Gasteiger partial charge in [-0.15, -0.1) is 0 Å². The highest BCUT2D eigenvalue weighted by molar-refractivity contribution is 7.81. The Morgan fingerprint density at radius 1 is 1.05 bits per heavy atom. The molecule has 1 heterocycles. The van der Waals surface area contributed by atoms with Crippen molar-refractivity contribution in [3.8, 4) is 0 Å². The second kappa shape index (κ2) is 18.1. The molecule has 3 nitrogen and oxygen atoms in total. The quantitative estimate of drug-likeness (QED) is 0.146. The topological polar surface area (TPSA) is 38.3 Å². The van der Waals surface area contributed by atoms with Crippen LogP contribution in [0.2, 0.25) is 0 Å². The zero-order valence-electron chi connectivity index (χ0n) is 28.8. The fourth-order valence-corrected chi connectivity index (χ4v) is 5.84. The molecule has 41 heavy (non-hydrogen) atoms. The highest BCUT2D eigenvalue weighted by Gasteiger charge is 2.42. The maximum absolute atomic E-state index is 13.2. The van der Waals surface area contributed by atoms with Crippen LogP contribution in [0.4, 0.5) is 0 Å². The molecule has 5 heteroatoms. The van der Waals surface area contributed by atoms with Crippen LogP contribution in [-0.2, 0) is 14.9 Å². The van der Waals surface area contributed by atoms with Gasteiger partial charge in [0, 0.05) is 10.7 Å². The standard InChI is InChI=1S/C22H35BNO2S.C7H14.C7H16/c1-15(2)19(25)22(10-12-24-13-11-22)18-9-8-17(14-16(18)3)23-26-20(4,5)21(6,7)27;1-3-7-4-6(2)5-7;1-3-5-7-6-4-2/h8-9,14-15,24,27H,10-13H2,1-7H3;6-7H,3-5H2,1-2H3;3-7H2,1-2H3. The van der Waals surface area contributed by atoms with Crippen molar-refractivity contribution in [2.24, 2.45) is 17.8 Å². The summed E-state index contributed by atoms with van der Waals surface area (Å²) in [5.41, 5.74) is 2.59. The fraction of sp³-hybridized carbons (Fsp3) is 0.806. The molecule has 0 spiro atoms. The molecule has 3 rings (SSSR count). The number of thiol groups is 1. The summed E-state index contributed by atoms with van der Waals surface area (Å²) in [4.78, 5) is 13.2. The zero-order chi connectivity index (χ0) is 31.3. The molecule has 2 fully saturated rings. The number of benzene rings is 1. The first-order valence-corrected chi connectivity index (χ1v) is 17.2. The van der Waals surface area contributed by atoms with Crippen molar-refractivity contribution >= 4 is 31.4 Å². The van der Waals surface area contributed by atoms with Crippen molar-refractivity contribution in [1.29, 1.82) is 0 Å². The van der Waals surface area contributed by atoms with Gasteiger partial charge in [0.15, 0.2) is 0 Å². The lowest BCUT2D eigenvalue weighted by Gasteiger charge is -2.39. The molecular formula is C36H65BNO2S. The van der Waals surface area contributed by atoms with Crippen LogP contribution in [0.15, 0.2) is 18.2 Å². The van der Waals surface area contributed by atoms with E-state index in [1.807, 2.05) is 35.2 Å². The highest BCUT2D eigenvalue weighted by Crippen LogP contribution is 2.38. The number of Topliss-reactive ketones (excluding diaryl/α,β-unsaturated/α-hetero) is 1. The van der Waals surface area contributed by atoms with E-state index in [0.29, 0.717) is 5.78 Å². The van der Waals surface area contributed by atoms with Crippen LogP contribution in [0, 0.1) is 24.7 Å². The van der Waals surface area contributed by atoms with E-state index in [-0.39, 0.29) is 16.1 Å². The number of aryl methyl sites for hydroxylation is 1. The SMILES string of the molecule is CCC1CC(C)C1.CCCCCCC.Cc1cc([B]OC(C)(C)C(C)(C)S)ccc1C1(C(=O)C(C)C)CCNCC1. The third-order valence-corrected chi connectivity index (χ3v) is 9.98. The van der Waals surface area contributed by atoms with E-state index in [2.05, 4.69) is 84.6 Å². The molecule has 1 N–H and O–H groups in total. The van der Waals surface area contributed by atoms with Crippen LogP contribution in [-0.4, -0.2) is 36.7 Å². The number of carbonyl (C=O) groups is 1. The van der Waals surface area contributed by atoms with Crippen molar-refractivity contribution in [3.63, 3.8) is 0 Å². The number of piperidine rings is 1. The minimum Gasteiger partial charge on any atom is -0.428 e. The molecule has 1 aromatic carbocycles. The van der Waals surface area contributed by atoms with Crippen LogP contribution >= 0.6 is 12.6 Å². The Kier molecular flexibility index (Phi) is 16.9. The van der Waals surface area contributed by atoms with Gasteiger partial charge < -0.3 is 9.97 Å². The Morgan fingerprint density at radius 3 is 2.00 bits per heavy atom. The summed E-state index contributed by atoms with van der Waals surface area (Å²) in [6.07, 6.45) is 13.1. The van der Waals surface area contributed by atoms with Gasteiger partial charge in [0.1, 0.15) is 5.78 Å². The number of hydrogen-bond donors (Lipinski definition) is 2. The molecule has 0 amide bonds. The average Bonchev–Trinajstić information content (AvgIpc) is 2.90. The molecule has 1 saturated heterocycles. The lowest BCUT2D eigenvalue weighted by molar-refractivity contribution is -0.128. The van der Waals surface area contributed by atoms with Gasteiger partial charge in [-0.2, -0.15) is 12.6 Å². The number of carbonyl (C=O) groups excluding carboxylic acids is 1. The van der Waals surface area contributed by atoms with E-state index in [0.717, 1.165) is 48.8 Å². The monoisotopic (exact) mass is 586 g/mol. The zero-order valence-corrected chi connectivity index (χ0v) is 29.7. The third kappa shape index (κ3) is 12.0. The number of unbranched alkanes of at least 4 members (excludes halogenated alkanes) is 4. The Morgan fingerprint density at radius 2 is 1.61 bits per heavy atom. The van der Waals surface area contributed by atoms with Gasteiger partial charge in [-0.05, 0) is 96.4 Å². The minimum atomic E-state index is -0.396. The van der Waals surface area contributed by atoms with Crippen molar-refractivity contribution in [2.75, 3.05) is 13.1 Å². The first kappa shape index (κ1) is 38.2. The number of ketones is 1. The number of nitrogens with one attached hydrogen (secondary N) is 1. The molecule has 1 saturated carbocycles. The first-order chi connectivity index (χ1) is 19.1.